The molecule has 14 nitrogen and oxygen atoms in total. The number of piperidine rings is 1. The number of hydrogen-bond acceptors (Lipinski definition) is 12. The van der Waals surface area contributed by atoms with Gasteiger partial charge in [0.15, 0.2) is 12.4 Å². The molecule has 3 saturated heterocycles. The van der Waals surface area contributed by atoms with E-state index in [1.165, 1.54) is 5.56 Å². The Bertz CT molecular complexity index is 2030. The molecule has 2 atom stereocenters. The summed E-state index contributed by atoms with van der Waals surface area (Å²) in [5.74, 6) is 2.15. The van der Waals surface area contributed by atoms with Crippen LogP contribution in [0.2, 0.25) is 0 Å². The number of fused-ring (bicyclic) bond motifs is 3. The van der Waals surface area contributed by atoms with Crippen LogP contribution >= 0.6 is 11.6 Å². The van der Waals surface area contributed by atoms with Crippen molar-refractivity contribution in [2.75, 3.05) is 78.7 Å². The van der Waals surface area contributed by atoms with Gasteiger partial charge in [-0.25, -0.2) is 9.97 Å². The summed E-state index contributed by atoms with van der Waals surface area (Å²) in [6.07, 6.45) is 12.0. The Morgan fingerprint density at radius 2 is 1.70 bits per heavy atom. The van der Waals surface area contributed by atoms with Crippen molar-refractivity contribution in [1.29, 1.82) is 0 Å². The Morgan fingerprint density at radius 3 is 2.46 bits per heavy atom. The predicted molar refractivity (Wildman–Crippen MR) is 221 cm³/mol. The van der Waals surface area contributed by atoms with Crippen molar-refractivity contribution in [2.45, 2.75) is 69.4 Å². The topological polar surface area (TPSA) is 166 Å². The van der Waals surface area contributed by atoms with Gasteiger partial charge >= 0.3 is 0 Å². The number of para-hydroxylation sites is 1. The summed E-state index contributed by atoms with van der Waals surface area (Å²) in [7, 11) is 0. The molecule has 4 aromatic rings. The van der Waals surface area contributed by atoms with Gasteiger partial charge in [-0.3, -0.25) is 9.59 Å². The number of alkyl halides is 1. The van der Waals surface area contributed by atoms with E-state index in [1.54, 1.807) is 23.1 Å². The lowest BCUT2D eigenvalue weighted by atomic mass is 9.91. The lowest BCUT2D eigenvalue weighted by Gasteiger charge is -2.42. The molecule has 4 aliphatic heterocycles. The van der Waals surface area contributed by atoms with Gasteiger partial charge in [-0.2, -0.15) is 0 Å². The number of ether oxygens (including phenoxy) is 1. The van der Waals surface area contributed by atoms with Gasteiger partial charge in [-0.15, -0.1) is 21.8 Å². The summed E-state index contributed by atoms with van der Waals surface area (Å²) in [4.78, 5) is 43.4. The zero-order chi connectivity index (χ0) is 39.3. The van der Waals surface area contributed by atoms with Crippen LogP contribution in [0.1, 0.15) is 62.0 Å². The van der Waals surface area contributed by atoms with Crippen molar-refractivity contribution in [2.24, 2.45) is 0 Å². The van der Waals surface area contributed by atoms with Crippen LogP contribution in [0.25, 0.3) is 11.3 Å². The summed E-state index contributed by atoms with van der Waals surface area (Å²) in [6.45, 7) is 5.91. The number of nitrogens with zero attached hydrogens (tertiary/aromatic N) is 8. The van der Waals surface area contributed by atoms with Gasteiger partial charge in [0.1, 0.15) is 17.4 Å². The zero-order valence-electron chi connectivity index (χ0n) is 32.2. The number of nitrogens with two attached hydrogens (primary N) is 1. The van der Waals surface area contributed by atoms with Gasteiger partial charge in [0.2, 0.25) is 11.9 Å². The van der Waals surface area contributed by atoms with Crippen LogP contribution in [0.4, 0.5) is 23.1 Å². The fraction of sp³-hybridized carbons (Fsp3) is 0.476. The molecule has 2 unspecified atom stereocenters. The number of rotatable bonds is 13. The van der Waals surface area contributed by atoms with E-state index in [4.69, 9.17) is 32.0 Å². The number of nitrogen functional groups attached to an aromatic ring is 1. The number of aromatic nitrogens is 4. The molecule has 8 rings (SSSR count). The summed E-state index contributed by atoms with van der Waals surface area (Å²) in [5, 5.41) is 21.9. The first-order valence-electron chi connectivity index (χ1n) is 20.2. The smallest absolute Gasteiger partial charge is 0.257 e. The van der Waals surface area contributed by atoms with Crippen LogP contribution < -0.4 is 30.5 Å². The number of anilines is 4. The third-order valence-electron chi connectivity index (χ3n) is 11.9. The molecule has 2 aromatic carbocycles. The number of hydrogen-bond donors (Lipinski definition) is 3. The molecule has 0 aliphatic carbocycles. The number of phenolic OH excluding ortho intramolecular Hbond substituents is 1. The zero-order valence-corrected chi connectivity index (χ0v) is 33.0. The number of aromatic hydroxyl groups is 1. The molecule has 57 heavy (non-hydrogen) atoms. The number of benzene rings is 2. The van der Waals surface area contributed by atoms with E-state index in [-0.39, 0.29) is 42.1 Å². The molecular formula is C42H51ClN10O4. The quantitative estimate of drug-likeness (QED) is 0.126. The molecule has 300 valence electrons. The maximum absolute atomic E-state index is 12.5. The van der Waals surface area contributed by atoms with Crippen LogP contribution in [-0.2, 0) is 16.0 Å². The fourth-order valence-electron chi connectivity index (χ4n) is 8.94. The normalized spacial score (nSPS) is 19.7. The number of halogens is 1. The molecule has 3 fully saturated rings. The number of nitrogens with one attached hydrogen (secondary N) is 1. The maximum Gasteiger partial charge on any atom is 0.257 e. The standard InChI is InChI=1S/C42H51ClN10O4/c43-22-40(56)52-17-5-6-29-20-33(11-12-36(29)52)57-27-39(55)45-15-3-4-16-50-18-13-28(14-19-50)30-23-46-42(47-24-30)53-31-9-10-32(53)26-51(25-31)37-21-35(48-49-41(37)44)34-7-1-2-8-38(34)54/h1-2,7-8,11-12,20-21,23-24,28,31-32,54H,3-6,9-10,13-19,22,25-27H2,(H2,44,49)(H,45,55). The third kappa shape index (κ3) is 8.71. The first-order valence-corrected chi connectivity index (χ1v) is 20.8. The molecule has 6 heterocycles. The van der Waals surface area contributed by atoms with Crippen LogP contribution in [0.15, 0.2) is 60.9 Å². The molecular weight excluding hydrogens is 744 g/mol. The van der Waals surface area contributed by atoms with E-state index in [0.29, 0.717) is 41.8 Å². The molecule has 0 spiro atoms. The Balaban J connectivity index is 0.745. The highest BCUT2D eigenvalue weighted by Crippen LogP contribution is 2.38. The highest BCUT2D eigenvalue weighted by molar-refractivity contribution is 6.29. The van der Waals surface area contributed by atoms with Crippen LogP contribution in [0, 0.1) is 0 Å². The average molecular weight is 795 g/mol. The van der Waals surface area contributed by atoms with Gasteiger partial charge in [0, 0.05) is 61.9 Å². The molecule has 4 aliphatic rings. The van der Waals surface area contributed by atoms with Crippen molar-refractivity contribution in [3.63, 3.8) is 0 Å². The van der Waals surface area contributed by atoms with Crippen molar-refractivity contribution in [3.05, 3.63) is 72.1 Å². The number of amides is 2. The van der Waals surface area contributed by atoms with Crippen molar-refractivity contribution < 1.29 is 19.4 Å². The minimum atomic E-state index is -0.136. The second-order valence-corrected chi connectivity index (χ2v) is 15.8. The van der Waals surface area contributed by atoms with E-state index in [9.17, 15) is 14.7 Å². The maximum atomic E-state index is 12.5. The van der Waals surface area contributed by atoms with E-state index in [1.807, 2.05) is 42.7 Å². The molecule has 0 saturated carbocycles. The Kier molecular flexibility index (Phi) is 11.9. The van der Waals surface area contributed by atoms with Gasteiger partial charge < -0.3 is 40.5 Å². The minimum absolute atomic E-state index is 0.0392. The number of unbranched alkanes of at least 4 members (excludes halogenated alkanes) is 1. The van der Waals surface area contributed by atoms with Gasteiger partial charge in [-0.05, 0) is 124 Å². The molecule has 15 heteroatoms. The number of likely N-dealkylation sites (tertiary alicyclic amines) is 1. The number of aryl methyl sites for hydroxylation is 1. The van der Waals surface area contributed by atoms with E-state index in [2.05, 4.69) is 30.2 Å². The highest BCUT2D eigenvalue weighted by atomic mass is 35.5. The number of phenols is 1. The monoisotopic (exact) mass is 794 g/mol. The summed E-state index contributed by atoms with van der Waals surface area (Å²) in [6, 6.07) is 15.2. The lowest BCUT2D eigenvalue weighted by Crippen LogP contribution is -2.54. The summed E-state index contributed by atoms with van der Waals surface area (Å²) >= 11 is 5.78. The van der Waals surface area contributed by atoms with Crippen molar-refractivity contribution in [1.82, 2.24) is 30.4 Å². The highest BCUT2D eigenvalue weighted by Gasteiger charge is 2.42. The minimum Gasteiger partial charge on any atom is -0.507 e. The van der Waals surface area contributed by atoms with Crippen LogP contribution in [0.3, 0.4) is 0 Å². The van der Waals surface area contributed by atoms with Crippen LogP contribution in [0.5, 0.6) is 11.5 Å². The second-order valence-electron chi connectivity index (χ2n) is 15.6. The van der Waals surface area contributed by atoms with Gasteiger partial charge in [0.25, 0.3) is 5.91 Å². The van der Waals surface area contributed by atoms with Gasteiger partial charge in [-0.1, -0.05) is 12.1 Å². The van der Waals surface area contributed by atoms with E-state index in [0.717, 1.165) is 107 Å². The number of carbonyl (C=O) groups is 2. The first-order chi connectivity index (χ1) is 27.8. The SMILES string of the molecule is Nc1nnc(-c2ccccc2O)cc1N1CC2CCC(C1)N2c1ncc(C2CCN(CCCCNC(=O)COc3ccc4c(c3)CCCN4C(=O)CCl)CC2)cn1. The van der Waals surface area contributed by atoms with Crippen molar-refractivity contribution in [3.8, 4) is 22.8 Å². The Hall–Kier alpha value is -5.21. The Morgan fingerprint density at radius 1 is 0.930 bits per heavy atom. The predicted octanol–water partition coefficient (Wildman–Crippen LogP) is 4.75. The molecule has 4 N–H and O–H groups in total. The number of carbonyl (C=O) groups excluding carboxylic acids is 2. The summed E-state index contributed by atoms with van der Waals surface area (Å²) < 4.78 is 5.77. The second kappa shape index (κ2) is 17.5. The average Bonchev–Trinajstić information content (AvgIpc) is 3.51. The lowest BCUT2D eigenvalue weighted by molar-refractivity contribution is -0.123. The molecule has 2 amide bonds. The largest absolute Gasteiger partial charge is 0.507 e. The molecule has 0 radical (unpaired) electrons. The van der Waals surface area contributed by atoms with Crippen molar-refractivity contribution >= 4 is 46.6 Å². The number of piperazine rings is 1. The van der Waals surface area contributed by atoms with E-state index < -0.39 is 0 Å². The van der Waals surface area contributed by atoms with Crippen LogP contribution in [-0.4, -0.2) is 112 Å². The van der Waals surface area contributed by atoms with E-state index >= 15 is 0 Å². The molecule has 2 aromatic heterocycles. The third-order valence-corrected chi connectivity index (χ3v) is 12.2. The Labute approximate surface area is 338 Å². The fourth-order valence-corrected chi connectivity index (χ4v) is 9.08. The molecule has 2 bridgehead atoms. The first kappa shape index (κ1) is 38.7. The van der Waals surface area contributed by atoms with Gasteiger partial charge in [0.05, 0.1) is 11.4 Å². The summed E-state index contributed by atoms with van der Waals surface area (Å²) in [5.41, 5.74) is 11.5.